The molecule has 3 heterocycles. The second-order valence-corrected chi connectivity index (χ2v) is 8.37. The Morgan fingerprint density at radius 3 is 2.50 bits per heavy atom. The van der Waals surface area contributed by atoms with Crippen LogP contribution in [0.4, 0.5) is 10.6 Å². The normalized spacial score (nSPS) is 21.2. The Morgan fingerprint density at radius 1 is 1.21 bits per heavy atom. The van der Waals surface area contributed by atoms with E-state index in [0.717, 1.165) is 24.2 Å². The van der Waals surface area contributed by atoms with Crippen molar-refractivity contribution in [1.82, 2.24) is 15.2 Å². The Bertz CT molecular complexity index is 734. The van der Waals surface area contributed by atoms with Crippen molar-refractivity contribution >= 4 is 23.7 Å². The highest BCUT2D eigenvalue weighted by Gasteiger charge is 2.29. The first-order valence-electron chi connectivity index (χ1n) is 9.75. The van der Waals surface area contributed by atoms with Crippen LogP contribution in [0.25, 0.3) is 0 Å². The molecular formula is C20H28N4O4. The second-order valence-electron chi connectivity index (χ2n) is 8.37. The lowest BCUT2D eigenvalue weighted by Crippen LogP contribution is -2.44. The fourth-order valence-corrected chi connectivity index (χ4v) is 3.45. The predicted molar refractivity (Wildman–Crippen MR) is 104 cm³/mol. The van der Waals surface area contributed by atoms with Crippen LogP contribution in [-0.2, 0) is 14.3 Å². The molecule has 0 saturated carbocycles. The van der Waals surface area contributed by atoms with E-state index in [4.69, 9.17) is 4.74 Å². The number of nitrogens with zero attached hydrogens (tertiary/aromatic N) is 2. The van der Waals surface area contributed by atoms with E-state index in [2.05, 4.69) is 15.6 Å². The van der Waals surface area contributed by atoms with Crippen molar-refractivity contribution in [2.45, 2.75) is 64.0 Å². The molecule has 0 aliphatic carbocycles. The van der Waals surface area contributed by atoms with E-state index in [0.29, 0.717) is 25.9 Å². The average Bonchev–Trinajstić information content (AvgIpc) is 2.62. The molecule has 152 valence electrons. The van der Waals surface area contributed by atoms with Gasteiger partial charge in [0, 0.05) is 31.7 Å². The van der Waals surface area contributed by atoms with Crippen LogP contribution in [-0.4, -0.2) is 52.5 Å². The summed E-state index contributed by atoms with van der Waals surface area (Å²) < 4.78 is 5.42. The van der Waals surface area contributed by atoms with Crippen LogP contribution in [0.5, 0.6) is 0 Å². The van der Waals surface area contributed by atoms with Gasteiger partial charge in [0.05, 0.1) is 5.92 Å². The molecule has 1 atom stereocenters. The number of carbonyl (C=O) groups excluding carboxylic acids is 3. The first-order chi connectivity index (χ1) is 13.2. The number of amides is 3. The summed E-state index contributed by atoms with van der Waals surface area (Å²) in [4.78, 5) is 41.5. The van der Waals surface area contributed by atoms with Crippen LogP contribution in [0.3, 0.4) is 0 Å². The highest BCUT2D eigenvalue weighted by molar-refractivity contribution is 6.00. The molecule has 2 aliphatic rings. The molecule has 2 aliphatic heterocycles. The molecule has 8 nitrogen and oxygen atoms in total. The maximum Gasteiger partial charge on any atom is 0.410 e. The van der Waals surface area contributed by atoms with Gasteiger partial charge in [0.1, 0.15) is 11.4 Å². The van der Waals surface area contributed by atoms with Gasteiger partial charge in [-0.3, -0.25) is 14.9 Å². The quantitative estimate of drug-likeness (QED) is 0.771. The summed E-state index contributed by atoms with van der Waals surface area (Å²) in [6.45, 7) is 6.87. The molecule has 0 spiro atoms. The zero-order valence-corrected chi connectivity index (χ0v) is 16.7. The minimum Gasteiger partial charge on any atom is -0.444 e. The number of aromatic nitrogens is 1. The van der Waals surface area contributed by atoms with Gasteiger partial charge in [-0.05, 0) is 51.7 Å². The van der Waals surface area contributed by atoms with E-state index in [1.807, 2.05) is 32.9 Å². The number of carbonyl (C=O) groups is 3. The van der Waals surface area contributed by atoms with Crippen LogP contribution in [0.15, 0.2) is 18.3 Å². The molecule has 1 unspecified atom stereocenters. The molecule has 28 heavy (non-hydrogen) atoms. The van der Waals surface area contributed by atoms with Crippen molar-refractivity contribution in [3.8, 4) is 0 Å². The highest BCUT2D eigenvalue weighted by atomic mass is 16.6. The molecule has 8 heteroatoms. The summed E-state index contributed by atoms with van der Waals surface area (Å²) in [5.74, 6) is -0.0541. The number of hydrogen-bond acceptors (Lipinski definition) is 6. The first-order valence-corrected chi connectivity index (χ1v) is 9.75. The summed E-state index contributed by atoms with van der Waals surface area (Å²) >= 11 is 0. The Labute approximate surface area is 165 Å². The third-order valence-electron chi connectivity index (χ3n) is 4.93. The first kappa shape index (κ1) is 20.1. The van der Waals surface area contributed by atoms with Crippen LogP contribution in [0, 0.1) is 0 Å². The molecule has 2 saturated heterocycles. The molecule has 2 fully saturated rings. The van der Waals surface area contributed by atoms with Crippen molar-refractivity contribution in [1.29, 1.82) is 0 Å². The van der Waals surface area contributed by atoms with Crippen molar-refractivity contribution in [2.24, 2.45) is 0 Å². The number of piperidine rings is 2. The molecule has 1 aromatic heterocycles. The molecule has 2 N–H and O–H groups in total. The molecule has 0 aromatic carbocycles. The van der Waals surface area contributed by atoms with Gasteiger partial charge in [0.25, 0.3) is 0 Å². The molecular weight excluding hydrogens is 360 g/mol. The third-order valence-corrected chi connectivity index (χ3v) is 4.93. The monoisotopic (exact) mass is 388 g/mol. The number of pyridine rings is 1. The lowest BCUT2D eigenvalue weighted by Gasteiger charge is -2.34. The summed E-state index contributed by atoms with van der Waals surface area (Å²) in [7, 11) is 0. The fourth-order valence-electron chi connectivity index (χ4n) is 3.45. The molecule has 3 rings (SSSR count). The number of imide groups is 1. The summed E-state index contributed by atoms with van der Waals surface area (Å²) in [5.41, 5.74) is 0.329. The van der Waals surface area contributed by atoms with Gasteiger partial charge in [-0.2, -0.15) is 0 Å². The van der Waals surface area contributed by atoms with E-state index < -0.39 is 5.60 Å². The van der Waals surface area contributed by atoms with E-state index in [1.165, 1.54) is 0 Å². The Hall–Kier alpha value is -2.64. The van der Waals surface area contributed by atoms with E-state index in [9.17, 15) is 14.4 Å². The molecule has 0 radical (unpaired) electrons. The highest BCUT2D eigenvalue weighted by Crippen LogP contribution is 2.25. The number of likely N-dealkylation sites (tertiary alicyclic amines) is 1. The van der Waals surface area contributed by atoms with Gasteiger partial charge in [0.2, 0.25) is 11.8 Å². The van der Waals surface area contributed by atoms with Crippen LogP contribution < -0.4 is 10.6 Å². The lowest BCUT2D eigenvalue weighted by atomic mass is 9.92. The summed E-state index contributed by atoms with van der Waals surface area (Å²) in [6.07, 6.45) is 3.93. The van der Waals surface area contributed by atoms with Crippen molar-refractivity contribution < 1.29 is 19.1 Å². The van der Waals surface area contributed by atoms with E-state index in [-0.39, 0.29) is 29.9 Å². The van der Waals surface area contributed by atoms with Crippen LogP contribution >= 0.6 is 0 Å². The maximum atomic E-state index is 12.1. The Kier molecular flexibility index (Phi) is 5.86. The largest absolute Gasteiger partial charge is 0.444 e. The van der Waals surface area contributed by atoms with Gasteiger partial charge in [-0.15, -0.1) is 0 Å². The van der Waals surface area contributed by atoms with Crippen LogP contribution in [0.1, 0.15) is 57.9 Å². The van der Waals surface area contributed by atoms with Gasteiger partial charge >= 0.3 is 6.09 Å². The lowest BCUT2D eigenvalue weighted by molar-refractivity contribution is -0.134. The van der Waals surface area contributed by atoms with Crippen LogP contribution in [0.2, 0.25) is 0 Å². The topological polar surface area (TPSA) is 101 Å². The smallest absolute Gasteiger partial charge is 0.410 e. The zero-order valence-electron chi connectivity index (χ0n) is 16.7. The SMILES string of the molecule is CC(C)(C)OC(=O)N1CCC(Nc2ccc(C3CCC(=O)NC3=O)cn2)CC1. The number of nitrogens with one attached hydrogen (secondary N) is 2. The van der Waals surface area contributed by atoms with Gasteiger partial charge in [0.15, 0.2) is 0 Å². The van der Waals surface area contributed by atoms with Crippen molar-refractivity contribution in [3.05, 3.63) is 23.9 Å². The zero-order chi connectivity index (χ0) is 20.3. The maximum absolute atomic E-state index is 12.1. The summed E-state index contributed by atoms with van der Waals surface area (Å²) in [6, 6.07) is 3.97. The van der Waals surface area contributed by atoms with Crippen molar-refractivity contribution in [3.63, 3.8) is 0 Å². The van der Waals surface area contributed by atoms with E-state index >= 15 is 0 Å². The Balaban J connectivity index is 1.50. The van der Waals surface area contributed by atoms with Crippen molar-refractivity contribution in [2.75, 3.05) is 18.4 Å². The average molecular weight is 388 g/mol. The van der Waals surface area contributed by atoms with Gasteiger partial charge in [-0.1, -0.05) is 6.07 Å². The van der Waals surface area contributed by atoms with E-state index in [1.54, 1.807) is 11.1 Å². The molecule has 0 bridgehead atoms. The second kappa shape index (κ2) is 8.16. The van der Waals surface area contributed by atoms with Gasteiger partial charge < -0.3 is 15.0 Å². The molecule has 1 aromatic rings. The minimum absolute atomic E-state index is 0.217. The molecule has 3 amide bonds. The summed E-state index contributed by atoms with van der Waals surface area (Å²) in [5, 5.41) is 5.76. The minimum atomic E-state index is -0.486. The Morgan fingerprint density at radius 2 is 1.93 bits per heavy atom. The number of rotatable bonds is 3. The predicted octanol–water partition coefficient (Wildman–Crippen LogP) is 2.41. The van der Waals surface area contributed by atoms with Gasteiger partial charge in [-0.25, -0.2) is 9.78 Å². The number of anilines is 1. The number of ether oxygens (including phenoxy) is 1. The third kappa shape index (κ3) is 5.21. The number of hydrogen-bond donors (Lipinski definition) is 2. The standard InChI is InChI=1S/C20H28N4O4/c1-20(2,3)28-19(27)24-10-8-14(9-11-24)22-16-6-4-13(12-21-16)15-5-7-17(25)23-18(15)26/h4,6,12,14-15H,5,7-11H2,1-3H3,(H,21,22)(H,23,25,26). The fraction of sp³-hybridized carbons (Fsp3) is 0.600.